The average molecular weight is 503 g/mol. The van der Waals surface area contributed by atoms with Crippen LogP contribution in [0, 0.1) is 0 Å². The van der Waals surface area contributed by atoms with E-state index in [1.165, 1.54) is 29.6 Å². The van der Waals surface area contributed by atoms with Gasteiger partial charge in [0.2, 0.25) is 0 Å². The van der Waals surface area contributed by atoms with Crippen LogP contribution >= 0.6 is 0 Å². The third-order valence-corrected chi connectivity index (χ3v) is 8.74. The first kappa shape index (κ1) is 23.9. The number of anilines is 2. The van der Waals surface area contributed by atoms with Gasteiger partial charge in [-0.25, -0.2) is 16.8 Å². The van der Waals surface area contributed by atoms with Crippen LogP contribution in [0.5, 0.6) is 11.5 Å². The van der Waals surface area contributed by atoms with Crippen molar-refractivity contribution in [2.75, 3.05) is 29.3 Å². The van der Waals surface area contributed by atoms with E-state index < -0.39 is 20.0 Å². The van der Waals surface area contributed by atoms with Gasteiger partial charge in [0, 0.05) is 12.2 Å². The quantitative estimate of drug-likeness (QED) is 0.499. The van der Waals surface area contributed by atoms with Gasteiger partial charge in [-0.15, -0.1) is 0 Å². The molecule has 1 N–H and O–H groups in total. The maximum atomic E-state index is 13.3. The van der Waals surface area contributed by atoms with Crippen LogP contribution in [-0.4, -0.2) is 37.1 Å². The van der Waals surface area contributed by atoms with Crippen molar-refractivity contribution in [3.63, 3.8) is 0 Å². The molecule has 4 rings (SSSR count). The Balaban J connectivity index is 1.63. The number of hydrogen-bond donors (Lipinski definition) is 1. The first-order valence-electron chi connectivity index (χ1n) is 10.8. The van der Waals surface area contributed by atoms with E-state index in [0.29, 0.717) is 43.1 Å². The van der Waals surface area contributed by atoms with Crippen molar-refractivity contribution >= 4 is 31.4 Å². The topological polar surface area (TPSA) is 102 Å². The number of ether oxygens (including phenoxy) is 2. The number of para-hydroxylation sites is 1. The number of benzene rings is 3. The molecule has 0 saturated carbocycles. The molecule has 0 saturated heterocycles. The fraction of sp³-hybridized carbons (Fsp3) is 0.250. The molecule has 0 atom stereocenters. The lowest BCUT2D eigenvalue weighted by molar-refractivity contribution is 0.331. The molecule has 0 radical (unpaired) electrons. The number of fused-ring (bicyclic) bond motifs is 1. The van der Waals surface area contributed by atoms with Crippen LogP contribution in [0.2, 0.25) is 0 Å². The van der Waals surface area contributed by atoms with Gasteiger partial charge in [-0.2, -0.15) is 0 Å². The highest BCUT2D eigenvalue weighted by atomic mass is 32.2. The summed E-state index contributed by atoms with van der Waals surface area (Å²) in [5, 5.41) is 0. The molecule has 1 aliphatic heterocycles. The van der Waals surface area contributed by atoms with Crippen LogP contribution in [0.15, 0.2) is 76.5 Å². The number of sulfonamides is 2. The number of nitrogens with zero attached hydrogens (tertiary/aromatic N) is 1. The van der Waals surface area contributed by atoms with Gasteiger partial charge in [0.15, 0.2) is 0 Å². The van der Waals surface area contributed by atoms with Crippen molar-refractivity contribution in [1.29, 1.82) is 0 Å². The van der Waals surface area contributed by atoms with Gasteiger partial charge in [-0.05, 0) is 79.9 Å². The van der Waals surface area contributed by atoms with E-state index in [-0.39, 0.29) is 15.5 Å². The predicted octanol–water partition coefficient (Wildman–Crippen LogP) is 4.04. The predicted molar refractivity (Wildman–Crippen MR) is 131 cm³/mol. The van der Waals surface area contributed by atoms with Crippen LogP contribution in [0.3, 0.4) is 0 Å². The van der Waals surface area contributed by atoms with E-state index in [2.05, 4.69) is 4.72 Å². The monoisotopic (exact) mass is 502 g/mol. The molecule has 0 aliphatic carbocycles. The fourth-order valence-corrected chi connectivity index (χ4v) is 6.65. The van der Waals surface area contributed by atoms with E-state index in [0.717, 1.165) is 5.56 Å². The highest BCUT2D eigenvalue weighted by molar-refractivity contribution is 7.93. The molecule has 0 unspecified atom stereocenters. The molecule has 0 spiro atoms. The second-order valence-electron chi connectivity index (χ2n) is 7.68. The van der Waals surface area contributed by atoms with Crippen molar-refractivity contribution < 1.29 is 26.3 Å². The maximum Gasteiger partial charge on any atom is 0.265 e. The molecule has 1 aliphatic rings. The van der Waals surface area contributed by atoms with Crippen molar-refractivity contribution in [3.05, 3.63) is 72.3 Å². The van der Waals surface area contributed by atoms with Gasteiger partial charge in [0.1, 0.15) is 16.4 Å². The number of nitrogens with one attached hydrogen (secondary N) is 1. The molecular formula is C24H26N2O6S2. The standard InChI is InChI=1S/C24H26N2O6S2/c1-3-32-23-8-4-5-9-24(23)33(27,28)25-19-10-15-22-18(17-19)7-6-16-26(22)34(29,30)21-13-11-20(31-2)12-14-21/h4-5,8-15,17,25H,3,6-7,16H2,1-2H3. The van der Waals surface area contributed by atoms with Crippen LogP contribution in [0.25, 0.3) is 0 Å². The van der Waals surface area contributed by atoms with Gasteiger partial charge >= 0.3 is 0 Å². The minimum atomic E-state index is -3.90. The van der Waals surface area contributed by atoms with E-state index in [1.54, 1.807) is 55.5 Å². The molecule has 0 bridgehead atoms. The summed E-state index contributed by atoms with van der Waals surface area (Å²) in [5.41, 5.74) is 1.65. The second-order valence-corrected chi connectivity index (χ2v) is 11.2. The van der Waals surface area contributed by atoms with Crippen molar-refractivity contribution in [2.45, 2.75) is 29.6 Å². The second kappa shape index (κ2) is 9.55. The number of rotatable bonds is 8. The van der Waals surface area contributed by atoms with Crippen LogP contribution in [0.4, 0.5) is 11.4 Å². The lowest BCUT2D eigenvalue weighted by atomic mass is 10.0. The molecule has 3 aromatic carbocycles. The summed E-state index contributed by atoms with van der Waals surface area (Å²) < 4.78 is 67.2. The molecule has 10 heteroatoms. The zero-order valence-electron chi connectivity index (χ0n) is 18.9. The average Bonchev–Trinajstić information content (AvgIpc) is 2.83. The molecular weight excluding hydrogens is 476 g/mol. The Morgan fingerprint density at radius 3 is 2.41 bits per heavy atom. The molecule has 0 aromatic heterocycles. The molecule has 34 heavy (non-hydrogen) atoms. The summed E-state index contributed by atoms with van der Waals surface area (Å²) in [5.74, 6) is 0.841. The lowest BCUT2D eigenvalue weighted by Gasteiger charge is -2.31. The van der Waals surface area contributed by atoms with Crippen LogP contribution in [0.1, 0.15) is 18.9 Å². The summed E-state index contributed by atoms with van der Waals surface area (Å²) in [6.07, 6.45) is 1.25. The van der Waals surface area contributed by atoms with Crippen molar-refractivity contribution in [3.8, 4) is 11.5 Å². The molecule has 0 fully saturated rings. The summed E-state index contributed by atoms with van der Waals surface area (Å²) in [7, 11) is -6.16. The van der Waals surface area contributed by atoms with E-state index in [9.17, 15) is 16.8 Å². The first-order valence-corrected chi connectivity index (χ1v) is 13.7. The van der Waals surface area contributed by atoms with Gasteiger partial charge in [-0.3, -0.25) is 9.03 Å². The molecule has 3 aromatic rings. The lowest BCUT2D eigenvalue weighted by Crippen LogP contribution is -2.35. The number of methoxy groups -OCH3 is 1. The molecule has 8 nitrogen and oxygen atoms in total. The van der Waals surface area contributed by atoms with Crippen LogP contribution in [-0.2, 0) is 26.5 Å². The zero-order chi connectivity index (χ0) is 24.3. The first-order chi connectivity index (χ1) is 16.3. The maximum absolute atomic E-state index is 13.3. The van der Waals surface area contributed by atoms with Gasteiger partial charge in [-0.1, -0.05) is 12.1 Å². The minimum Gasteiger partial charge on any atom is -0.497 e. The number of hydrogen-bond acceptors (Lipinski definition) is 6. The van der Waals surface area contributed by atoms with Gasteiger partial charge in [0.05, 0.1) is 24.3 Å². The summed E-state index contributed by atoms with van der Waals surface area (Å²) in [6, 6.07) is 17.6. The Morgan fingerprint density at radius 2 is 1.71 bits per heavy atom. The Kier molecular flexibility index (Phi) is 6.72. The van der Waals surface area contributed by atoms with Crippen molar-refractivity contribution in [1.82, 2.24) is 0 Å². The summed E-state index contributed by atoms with van der Waals surface area (Å²) >= 11 is 0. The Labute approximate surface area is 200 Å². The highest BCUT2D eigenvalue weighted by Crippen LogP contribution is 2.35. The van der Waals surface area contributed by atoms with Crippen molar-refractivity contribution in [2.24, 2.45) is 0 Å². The summed E-state index contributed by atoms with van der Waals surface area (Å²) in [6.45, 7) is 2.46. The van der Waals surface area contributed by atoms with E-state index in [4.69, 9.17) is 9.47 Å². The molecule has 0 amide bonds. The van der Waals surface area contributed by atoms with Crippen LogP contribution < -0.4 is 18.5 Å². The Bertz CT molecular complexity index is 1390. The van der Waals surface area contributed by atoms with Gasteiger partial charge < -0.3 is 9.47 Å². The third kappa shape index (κ3) is 4.69. The SMILES string of the molecule is CCOc1ccccc1S(=O)(=O)Nc1ccc2c(c1)CCCN2S(=O)(=O)c1ccc(OC)cc1. The molecule has 180 valence electrons. The zero-order valence-corrected chi connectivity index (χ0v) is 20.5. The number of aryl methyl sites for hydroxylation is 1. The van der Waals surface area contributed by atoms with Gasteiger partial charge in [0.25, 0.3) is 20.0 Å². The largest absolute Gasteiger partial charge is 0.497 e. The third-order valence-electron chi connectivity index (χ3n) is 5.49. The summed E-state index contributed by atoms with van der Waals surface area (Å²) in [4.78, 5) is 0.205. The Morgan fingerprint density at radius 1 is 0.971 bits per heavy atom. The fourth-order valence-electron chi connectivity index (χ4n) is 3.91. The normalized spacial score (nSPS) is 13.8. The smallest absolute Gasteiger partial charge is 0.265 e. The van der Waals surface area contributed by atoms with E-state index >= 15 is 0 Å². The highest BCUT2D eigenvalue weighted by Gasteiger charge is 2.30. The Hall–Kier alpha value is -3.24. The minimum absolute atomic E-state index is 0.0401. The van der Waals surface area contributed by atoms with E-state index in [1.807, 2.05) is 0 Å². The molecule has 1 heterocycles.